The molecule has 2 heterocycles. The smallest absolute Gasteiger partial charge is 0.164 e. The van der Waals surface area contributed by atoms with E-state index < -0.39 is 60.4 Å². The second-order valence-corrected chi connectivity index (χ2v) is 16.7. The van der Waals surface area contributed by atoms with E-state index in [-0.39, 0.29) is 57.9 Å². The van der Waals surface area contributed by atoms with Gasteiger partial charge in [0.05, 0.1) is 13.7 Å². The second-order valence-electron chi connectivity index (χ2n) is 16.7. The lowest BCUT2D eigenvalue weighted by atomic mass is 9.61. The third-order valence-corrected chi connectivity index (χ3v) is 12.8. The Bertz CT molecular complexity index is 3940. The molecular weight excluding hydrogens is 829 g/mol. The summed E-state index contributed by atoms with van der Waals surface area (Å²) in [7, 11) is 0. The van der Waals surface area contributed by atoms with Gasteiger partial charge in [-0.25, -0.2) is 29.9 Å². The fourth-order valence-corrected chi connectivity index (χ4v) is 9.60. The van der Waals surface area contributed by atoms with Gasteiger partial charge in [-0.3, -0.25) is 0 Å². The lowest BCUT2D eigenvalue weighted by Gasteiger charge is -2.42. The SMILES string of the molecule is [2H]c1c([2H])c([2H])c(-c2nc(-c3ccc(-c4ccccc4)cc3)nc(-c3ccc4c(c3)C3c5ccccc5C4c4cc(-c5nc(-c6ccc(-c7ccccc7)cc6)nc(-c6c([2H])c([2H])c([2H])c([2H])c6[2H])n5)ccc43)n2)c([2H])c1[2H]. The molecule has 0 saturated heterocycles. The molecule has 6 heteroatoms. The quantitative estimate of drug-likeness (QED) is 0.151. The van der Waals surface area contributed by atoms with Gasteiger partial charge < -0.3 is 0 Å². The Morgan fingerprint density at radius 2 is 0.515 bits per heavy atom. The summed E-state index contributed by atoms with van der Waals surface area (Å²) in [6.07, 6.45) is 0. The molecule has 3 aliphatic rings. The van der Waals surface area contributed by atoms with Crippen molar-refractivity contribution in [3.63, 3.8) is 0 Å². The first-order valence-corrected chi connectivity index (χ1v) is 22.2. The monoisotopic (exact) mass is 878 g/mol. The van der Waals surface area contributed by atoms with Gasteiger partial charge in [-0.2, -0.15) is 0 Å². The number of hydrogen-bond acceptors (Lipinski definition) is 6. The number of hydrogen-bond donors (Lipinski definition) is 0. The zero-order valence-electron chi connectivity index (χ0n) is 46.0. The van der Waals surface area contributed by atoms with E-state index in [1.165, 1.54) is 0 Å². The van der Waals surface area contributed by atoms with Gasteiger partial charge in [-0.1, -0.05) is 218 Å². The lowest BCUT2D eigenvalue weighted by molar-refractivity contribution is 0.754. The van der Waals surface area contributed by atoms with Crippen LogP contribution in [0.5, 0.6) is 0 Å². The van der Waals surface area contributed by atoms with Crippen molar-refractivity contribution < 1.29 is 13.7 Å². The van der Waals surface area contributed by atoms with Crippen LogP contribution in [0.2, 0.25) is 0 Å². The molecule has 3 aliphatic carbocycles. The van der Waals surface area contributed by atoms with Crippen LogP contribution in [0.25, 0.3) is 90.6 Å². The molecule has 9 aromatic carbocycles. The van der Waals surface area contributed by atoms with E-state index in [9.17, 15) is 0 Å². The Hall–Kier alpha value is -9.00. The van der Waals surface area contributed by atoms with Gasteiger partial charge in [0.15, 0.2) is 34.9 Å². The van der Waals surface area contributed by atoms with Crippen LogP contribution in [0.15, 0.2) is 230 Å². The summed E-state index contributed by atoms with van der Waals surface area (Å²) in [5, 5.41) is 0. The van der Waals surface area contributed by atoms with Crippen LogP contribution in [0.3, 0.4) is 0 Å². The van der Waals surface area contributed by atoms with Crippen LogP contribution in [-0.2, 0) is 0 Å². The summed E-state index contributed by atoms with van der Waals surface area (Å²) in [5.74, 6) is 0.472. The van der Waals surface area contributed by atoms with E-state index in [4.69, 9.17) is 43.6 Å². The second kappa shape index (κ2) is 16.5. The summed E-state index contributed by atoms with van der Waals surface area (Å²) in [6, 6.07) is 51.3. The van der Waals surface area contributed by atoms with Gasteiger partial charge in [0.25, 0.3) is 0 Å². The molecule has 0 radical (unpaired) electrons. The van der Waals surface area contributed by atoms with Crippen molar-refractivity contribution in [3.05, 3.63) is 264 Å². The Balaban J connectivity index is 0.941. The normalized spacial score (nSPS) is 16.2. The van der Waals surface area contributed by atoms with Crippen LogP contribution >= 0.6 is 0 Å². The number of nitrogens with zero attached hydrogens (tertiary/aromatic N) is 6. The Labute approximate surface area is 408 Å². The summed E-state index contributed by atoms with van der Waals surface area (Å²) in [5.41, 5.74) is 12.8. The largest absolute Gasteiger partial charge is 0.208 e. The average Bonchev–Trinajstić information content (AvgIpc) is 3.61. The third-order valence-electron chi connectivity index (χ3n) is 12.8. The van der Waals surface area contributed by atoms with Gasteiger partial charge in [-0.15, -0.1) is 0 Å². The topological polar surface area (TPSA) is 77.3 Å². The first kappa shape index (κ1) is 30.3. The average molecular weight is 879 g/mol. The van der Waals surface area contributed by atoms with Crippen molar-refractivity contribution in [1.82, 2.24) is 29.9 Å². The van der Waals surface area contributed by atoms with Crippen molar-refractivity contribution >= 4 is 0 Å². The Kier molecular flexibility index (Phi) is 7.32. The molecule has 6 nitrogen and oxygen atoms in total. The minimum atomic E-state index is -0.515. The van der Waals surface area contributed by atoms with Gasteiger partial charge in [0.2, 0.25) is 0 Å². The van der Waals surface area contributed by atoms with E-state index in [0.717, 1.165) is 55.6 Å². The molecule has 2 aromatic heterocycles. The fourth-order valence-electron chi connectivity index (χ4n) is 9.60. The maximum Gasteiger partial charge on any atom is 0.164 e. The number of aromatic nitrogens is 6. The van der Waals surface area contributed by atoms with Crippen LogP contribution in [-0.4, -0.2) is 29.9 Å². The Morgan fingerprint density at radius 1 is 0.235 bits per heavy atom. The van der Waals surface area contributed by atoms with Crippen molar-refractivity contribution in [2.45, 2.75) is 11.8 Å². The maximum absolute atomic E-state index is 8.89. The van der Waals surface area contributed by atoms with Crippen molar-refractivity contribution in [2.75, 3.05) is 0 Å². The molecule has 2 unspecified atom stereocenters. The summed E-state index contributed by atoms with van der Waals surface area (Å²) < 4.78 is 86.1. The molecule has 0 fully saturated rings. The molecule has 0 N–H and O–H groups in total. The predicted molar refractivity (Wildman–Crippen MR) is 271 cm³/mol. The minimum Gasteiger partial charge on any atom is -0.208 e. The third kappa shape index (κ3) is 6.98. The van der Waals surface area contributed by atoms with Crippen LogP contribution < -0.4 is 0 Å². The van der Waals surface area contributed by atoms with Gasteiger partial charge >= 0.3 is 0 Å². The summed E-state index contributed by atoms with van der Waals surface area (Å²) in [4.78, 5) is 29.4. The van der Waals surface area contributed by atoms with Crippen molar-refractivity contribution in [1.29, 1.82) is 0 Å². The number of rotatable bonds is 8. The van der Waals surface area contributed by atoms with Gasteiger partial charge in [0.1, 0.15) is 0 Å². The first-order chi connectivity index (χ1) is 37.8. The van der Waals surface area contributed by atoms with Crippen molar-refractivity contribution in [2.24, 2.45) is 0 Å². The molecular formula is C62H40N6. The molecule has 11 aromatic rings. The zero-order valence-corrected chi connectivity index (χ0v) is 36.0. The minimum absolute atomic E-state index is 0.0537. The molecule has 0 aliphatic heterocycles. The molecule has 318 valence electrons. The lowest BCUT2D eigenvalue weighted by Crippen LogP contribution is -2.27. The maximum atomic E-state index is 8.89. The highest BCUT2D eigenvalue weighted by atomic mass is 15.0. The van der Waals surface area contributed by atoms with Gasteiger partial charge in [-0.05, 0) is 67.8 Å². The molecule has 68 heavy (non-hydrogen) atoms. The van der Waals surface area contributed by atoms with E-state index in [2.05, 4.69) is 36.4 Å². The van der Waals surface area contributed by atoms with Crippen LogP contribution in [0.4, 0.5) is 0 Å². The standard InChI is InChI=1S/C62H40N6/c1-5-15-39(16-6-1)41-25-29-45(30-26-41)59-63-57(43-19-9-3-10-20-43)65-61(67-59)47-33-35-51-53(37-47)55-49-23-13-14-24-50(49)56(51)54-38-48(34-36-52(54)55)62-66-58(44-21-11-4-12-22-44)64-60(68-62)46-31-27-42(28-32-46)40-17-7-2-8-18-40/h1-38,55-56H/i3D,4D,9D,10D,11D,12D,19D,20D,21D,22D. The van der Waals surface area contributed by atoms with E-state index in [1.807, 2.05) is 133 Å². The molecule has 2 bridgehead atoms. The summed E-state index contributed by atoms with van der Waals surface area (Å²) in [6.45, 7) is 0. The highest BCUT2D eigenvalue weighted by molar-refractivity contribution is 5.77. The predicted octanol–water partition coefficient (Wildman–Crippen LogP) is 14.4. The Morgan fingerprint density at radius 3 is 0.897 bits per heavy atom. The zero-order chi connectivity index (χ0) is 53.7. The molecule has 0 spiro atoms. The fraction of sp³-hybridized carbons (Fsp3) is 0.0323. The molecule has 2 atom stereocenters. The first-order valence-electron chi connectivity index (χ1n) is 27.2. The van der Waals surface area contributed by atoms with Crippen LogP contribution in [0.1, 0.15) is 58.9 Å². The molecule has 0 amide bonds. The van der Waals surface area contributed by atoms with Gasteiger partial charge in [0, 0.05) is 45.2 Å². The van der Waals surface area contributed by atoms with E-state index >= 15 is 0 Å². The highest BCUT2D eigenvalue weighted by Crippen LogP contribution is 2.56. The number of benzene rings is 9. The highest BCUT2D eigenvalue weighted by Gasteiger charge is 2.41. The van der Waals surface area contributed by atoms with E-state index in [0.29, 0.717) is 22.3 Å². The van der Waals surface area contributed by atoms with E-state index in [1.54, 1.807) is 0 Å². The molecule has 0 saturated carbocycles. The van der Waals surface area contributed by atoms with Crippen molar-refractivity contribution in [3.8, 4) is 90.6 Å². The molecule has 14 rings (SSSR count). The summed E-state index contributed by atoms with van der Waals surface area (Å²) >= 11 is 0. The van der Waals surface area contributed by atoms with Crippen LogP contribution in [0, 0.1) is 0 Å².